The van der Waals surface area contributed by atoms with Gasteiger partial charge in [0.1, 0.15) is 13.2 Å². The molecule has 0 saturated carbocycles. The molecule has 3 rings (SSSR count). The second-order valence-corrected chi connectivity index (χ2v) is 6.63. The summed E-state index contributed by atoms with van der Waals surface area (Å²) in [5, 5.41) is 0. The smallest absolute Gasteiger partial charge is 0.170 e. The van der Waals surface area contributed by atoms with Crippen LogP contribution in [0.25, 0.3) is 0 Å². The Balaban J connectivity index is 1.95. The van der Waals surface area contributed by atoms with Crippen molar-refractivity contribution in [2.45, 2.75) is 25.9 Å². The summed E-state index contributed by atoms with van der Waals surface area (Å²) < 4.78 is 16.7. The van der Waals surface area contributed by atoms with Crippen LogP contribution in [0.1, 0.15) is 13.8 Å². The first-order valence-electron chi connectivity index (χ1n) is 4.96. The molecule has 0 amide bonds. The molecule has 3 saturated heterocycles. The van der Waals surface area contributed by atoms with Gasteiger partial charge in [-0.3, -0.25) is 0 Å². The lowest BCUT2D eigenvalue weighted by atomic mass is 10.3. The average molecular weight is 203 g/mol. The maximum atomic E-state index is 5.91. The Morgan fingerprint density at radius 2 is 1.46 bits per heavy atom. The van der Waals surface area contributed by atoms with Gasteiger partial charge in [-0.25, -0.2) is 0 Å². The van der Waals surface area contributed by atoms with E-state index in [2.05, 4.69) is 23.2 Å². The summed E-state index contributed by atoms with van der Waals surface area (Å²) in [7, 11) is -1.71. The van der Waals surface area contributed by atoms with Crippen molar-refractivity contribution in [2.75, 3.05) is 26.3 Å². The first kappa shape index (κ1) is 8.57. The molecule has 3 aliphatic heterocycles. The van der Waals surface area contributed by atoms with Crippen molar-refractivity contribution < 1.29 is 9.05 Å². The van der Waals surface area contributed by atoms with Gasteiger partial charge in [-0.15, -0.1) is 9.34 Å². The Hall–Kier alpha value is 0.270. The molecule has 3 heterocycles. The van der Waals surface area contributed by atoms with Crippen LogP contribution < -0.4 is 0 Å². The Morgan fingerprint density at radius 3 is 1.92 bits per heavy atom. The highest BCUT2D eigenvalue weighted by molar-refractivity contribution is 7.62. The van der Waals surface area contributed by atoms with E-state index in [1.54, 1.807) is 0 Å². The molecule has 0 bridgehead atoms. The fourth-order valence-corrected chi connectivity index (χ4v) is 6.06. The first-order valence-corrected chi connectivity index (χ1v) is 6.49. The monoisotopic (exact) mass is 203 g/mol. The number of hydrogen-bond donors (Lipinski definition) is 0. The van der Waals surface area contributed by atoms with Gasteiger partial charge >= 0.3 is 8.02 Å². The number of hydrogen-bond acceptors (Lipinski definition) is 4. The predicted molar refractivity (Wildman–Crippen MR) is 51.2 cm³/mol. The molecule has 0 aromatic rings. The zero-order valence-electron chi connectivity index (χ0n) is 8.14. The van der Waals surface area contributed by atoms with Gasteiger partial charge in [0.25, 0.3) is 0 Å². The topological polar surface area (TPSA) is 24.9 Å². The molecule has 13 heavy (non-hydrogen) atoms. The van der Waals surface area contributed by atoms with Crippen molar-refractivity contribution in [1.82, 2.24) is 9.34 Å². The molecule has 0 aromatic heterocycles. The van der Waals surface area contributed by atoms with Gasteiger partial charge in [0.05, 0.1) is 25.2 Å². The molecule has 5 heteroatoms. The van der Waals surface area contributed by atoms with Gasteiger partial charge < -0.3 is 0 Å². The second kappa shape index (κ2) is 2.65. The molecule has 4 nitrogen and oxygen atoms in total. The zero-order chi connectivity index (χ0) is 9.05. The molecule has 1 spiro atoms. The Bertz CT molecular complexity index is 214. The van der Waals surface area contributed by atoms with E-state index in [4.69, 9.17) is 9.05 Å². The summed E-state index contributed by atoms with van der Waals surface area (Å²) in [5.74, 6) is 0. The van der Waals surface area contributed by atoms with Crippen LogP contribution in [0.15, 0.2) is 0 Å². The van der Waals surface area contributed by atoms with Gasteiger partial charge in [0.2, 0.25) is 0 Å². The lowest BCUT2D eigenvalue weighted by Gasteiger charge is -2.19. The summed E-state index contributed by atoms with van der Waals surface area (Å²) in [6, 6.07) is 1.09. The molecular formula is C8H16N2O2P+. The third kappa shape index (κ3) is 0.932. The Morgan fingerprint density at radius 1 is 1.00 bits per heavy atom. The van der Waals surface area contributed by atoms with Crippen LogP contribution in [0, 0.1) is 0 Å². The normalized spacial score (nSPS) is 43.8. The van der Waals surface area contributed by atoms with Crippen molar-refractivity contribution in [2.24, 2.45) is 0 Å². The summed E-state index contributed by atoms with van der Waals surface area (Å²) in [5.41, 5.74) is 0. The van der Waals surface area contributed by atoms with Crippen LogP contribution in [0.3, 0.4) is 0 Å². The van der Waals surface area contributed by atoms with Crippen LogP contribution in [-0.4, -0.2) is 47.7 Å². The minimum absolute atomic E-state index is 0.545. The summed E-state index contributed by atoms with van der Waals surface area (Å²) in [6.45, 7) is 8.39. The largest absolute Gasteiger partial charge is 0.437 e. The summed E-state index contributed by atoms with van der Waals surface area (Å²) in [6.07, 6.45) is 0. The van der Waals surface area contributed by atoms with Gasteiger partial charge in [-0.05, 0) is 13.8 Å². The molecule has 74 valence electrons. The molecule has 0 aliphatic carbocycles. The predicted octanol–water partition coefficient (Wildman–Crippen LogP) is 1.12. The molecule has 0 N–H and O–H groups in total. The molecule has 3 fully saturated rings. The minimum atomic E-state index is -1.71. The highest BCUT2D eigenvalue weighted by Gasteiger charge is 2.71. The third-order valence-electron chi connectivity index (χ3n) is 3.19. The zero-order valence-corrected chi connectivity index (χ0v) is 9.04. The Labute approximate surface area is 79.4 Å². The molecule has 0 unspecified atom stereocenters. The van der Waals surface area contributed by atoms with Crippen LogP contribution in [0.5, 0.6) is 0 Å². The molecule has 3 aliphatic rings. The first-order chi connectivity index (χ1) is 6.24. The average Bonchev–Trinajstić information content (AvgIpc) is 2.68. The maximum Gasteiger partial charge on any atom is 0.437 e. The van der Waals surface area contributed by atoms with Crippen LogP contribution >= 0.6 is 8.02 Å². The van der Waals surface area contributed by atoms with Gasteiger partial charge in [0.15, 0.2) is 0 Å². The molecule has 0 radical (unpaired) electrons. The van der Waals surface area contributed by atoms with E-state index >= 15 is 0 Å². The molecular weight excluding hydrogens is 187 g/mol. The van der Waals surface area contributed by atoms with Gasteiger partial charge in [-0.1, -0.05) is 0 Å². The van der Waals surface area contributed by atoms with E-state index in [0.29, 0.717) is 12.1 Å². The lowest BCUT2D eigenvalue weighted by molar-refractivity contribution is 0.274. The van der Waals surface area contributed by atoms with Crippen LogP contribution in [-0.2, 0) is 9.05 Å². The minimum Gasteiger partial charge on any atom is -0.170 e. The molecule has 0 aromatic carbocycles. The van der Waals surface area contributed by atoms with Crippen LogP contribution in [0.4, 0.5) is 0 Å². The van der Waals surface area contributed by atoms with E-state index in [9.17, 15) is 0 Å². The van der Waals surface area contributed by atoms with Crippen LogP contribution in [0.2, 0.25) is 0 Å². The quantitative estimate of drug-likeness (QED) is 0.551. The fraction of sp³-hybridized carbons (Fsp3) is 1.00. The lowest BCUT2D eigenvalue weighted by Crippen LogP contribution is -2.26. The van der Waals surface area contributed by atoms with Crippen molar-refractivity contribution in [3.63, 3.8) is 0 Å². The van der Waals surface area contributed by atoms with E-state index in [1.165, 1.54) is 0 Å². The van der Waals surface area contributed by atoms with Crippen molar-refractivity contribution >= 4 is 8.02 Å². The van der Waals surface area contributed by atoms with E-state index < -0.39 is 8.02 Å². The maximum absolute atomic E-state index is 5.91. The van der Waals surface area contributed by atoms with Crippen molar-refractivity contribution in [1.29, 1.82) is 0 Å². The van der Waals surface area contributed by atoms with E-state index in [0.717, 1.165) is 26.3 Å². The van der Waals surface area contributed by atoms with Gasteiger partial charge in [-0.2, -0.15) is 9.05 Å². The third-order valence-corrected chi connectivity index (χ3v) is 6.65. The van der Waals surface area contributed by atoms with Crippen molar-refractivity contribution in [3.8, 4) is 0 Å². The van der Waals surface area contributed by atoms with E-state index in [-0.39, 0.29) is 0 Å². The van der Waals surface area contributed by atoms with Gasteiger partial charge in [0, 0.05) is 0 Å². The Kier molecular flexibility index (Phi) is 1.74. The number of nitrogens with zero attached hydrogens (tertiary/aromatic N) is 2. The summed E-state index contributed by atoms with van der Waals surface area (Å²) >= 11 is 0. The fourth-order valence-electron chi connectivity index (χ4n) is 2.46. The standard InChI is InChI=1S/C8H16N2O2P/c1-7-5-11-13-9(7)3-4-10(13)8(2)6-12-13/h7-8H,3-6H2,1-2H3/q+1/t7-,8-,13?/m0/s1. The highest BCUT2D eigenvalue weighted by atomic mass is 31.2. The number of rotatable bonds is 0. The van der Waals surface area contributed by atoms with Crippen molar-refractivity contribution in [3.05, 3.63) is 0 Å². The molecule has 2 atom stereocenters. The highest BCUT2D eigenvalue weighted by Crippen LogP contribution is 2.76. The second-order valence-electron chi connectivity index (χ2n) is 4.11. The summed E-state index contributed by atoms with van der Waals surface area (Å²) in [4.78, 5) is 0. The van der Waals surface area contributed by atoms with E-state index in [1.807, 2.05) is 0 Å². The SMILES string of the molecule is C[C@H]1CO[P+]23OC[C@H](C)N2CCN13.